The average Bonchev–Trinajstić information content (AvgIpc) is 3.08. The van der Waals surface area contributed by atoms with Crippen molar-refractivity contribution in [3.63, 3.8) is 0 Å². The maximum absolute atomic E-state index is 12.5. The molecule has 0 fully saturated rings. The van der Waals surface area contributed by atoms with Gasteiger partial charge < -0.3 is 9.30 Å². The van der Waals surface area contributed by atoms with Crippen molar-refractivity contribution >= 4 is 49.1 Å². The molecule has 0 aliphatic carbocycles. The molecule has 30 heavy (non-hydrogen) atoms. The lowest BCUT2D eigenvalue weighted by molar-refractivity contribution is -0.117. The number of carbonyl (C=O) groups excluding carboxylic acids is 1. The molecular formula is C21H22N2O4S3. The van der Waals surface area contributed by atoms with Crippen LogP contribution in [-0.4, -0.2) is 38.0 Å². The van der Waals surface area contributed by atoms with E-state index in [0.29, 0.717) is 17.1 Å². The monoisotopic (exact) mass is 462 g/mol. The van der Waals surface area contributed by atoms with Gasteiger partial charge >= 0.3 is 0 Å². The number of ether oxygens (including phenoxy) is 1. The van der Waals surface area contributed by atoms with Gasteiger partial charge in [-0.25, -0.2) is 8.42 Å². The normalized spacial score (nSPS) is 12.3. The molecule has 3 aromatic rings. The molecule has 6 nitrogen and oxygen atoms in total. The summed E-state index contributed by atoms with van der Waals surface area (Å²) in [6.45, 7) is 4.28. The van der Waals surface area contributed by atoms with Gasteiger partial charge in [0.1, 0.15) is 5.75 Å². The number of benzene rings is 2. The van der Waals surface area contributed by atoms with E-state index in [4.69, 9.17) is 4.74 Å². The number of thiazole rings is 1. The van der Waals surface area contributed by atoms with Gasteiger partial charge in [-0.2, -0.15) is 4.99 Å². The quantitative estimate of drug-likeness (QED) is 0.375. The van der Waals surface area contributed by atoms with Crippen LogP contribution in [0.15, 0.2) is 69.9 Å². The SMILES string of the molecule is C=CCn1c(=NC(=O)CCS(=O)(=O)c2ccc(OC)cc2)sc2cc(SC)ccc21. The highest BCUT2D eigenvalue weighted by atomic mass is 32.2. The summed E-state index contributed by atoms with van der Waals surface area (Å²) in [4.78, 5) is 18.5. The summed E-state index contributed by atoms with van der Waals surface area (Å²) in [6.07, 6.45) is 3.56. The van der Waals surface area contributed by atoms with Gasteiger partial charge in [-0.05, 0) is 48.7 Å². The van der Waals surface area contributed by atoms with Crippen LogP contribution in [-0.2, 0) is 21.2 Å². The molecule has 0 aliphatic heterocycles. The lowest BCUT2D eigenvalue weighted by atomic mass is 10.3. The van der Waals surface area contributed by atoms with Gasteiger partial charge in [-0.15, -0.1) is 18.3 Å². The zero-order chi connectivity index (χ0) is 21.7. The predicted molar refractivity (Wildman–Crippen MR) is 122 cm³/mol. The van der Waals surface area contributed by atoms with Crippen LogP contribution in [0.2, 0.25) is 0 Å². The standard InChI is InChI=1S/C21H22N2O4S3/c1-4-12-23-18-10-7-16(28-3)14-19(18)29-21(23)22-20(24)11-13-30(25,26)17-8-5-15(27-2)6-9-17/h4-10,14H,1,11-13H2,2-3H3. The maximum Gasteiger partial charge on any atom is 0.249 e. The third kappa shape index (κ3) is 5.03. The van der Waals surface area contributed by atoms with Crippen LogP contribution in [0.4, 0.5) is 0 Å². The number of hydrogen-bond acceptors (Lipinski definition) is 6. The number of carbonyl (C=O) groups is 1. The van der Waals surface area contributed by atoms with E-state index in [-0.39, 0.29) is 17.1 Å². The van der Waals surface area contributed by atoms with Crippen LogP contribution < -0.4 is 9.54 Å². The smallest absolute Gasteiger partial charge is 0.249 e. The Morgan fingerprint density at radius 2 is 2.00 bits per heavy atom. The summed E-state index contributed by atoms with van der Waals surface area (Å²) in [5.41, 5.74) is 0.968. The van der Waals surface area contributed by atoms with Gasteiger partial charge in [0.25, 0.3) is 0 Å². The van der Waals surface area contributed by atoms with E-state index in [2.05, 4.69) is 17.6 Å². The molecule has 0 spiro atoms. The van der Waals surface area contributed by atoms with Crippen molar-refractivity contribution in [3.8, 4) is 5.75 Å². The van der Waals surface area contributed by atoms with Gasteiger partial charge in [0.2, 0.25) is 5.91 Å². The lowest BCUT2D eigenvalue weighted by Gasteiger charge is -2.04. The molecule has 1 heterocycles. The van der Waals surface area contributed by atoms with Crippen molar-refractivity contribution in [1.82, 2.24) is 4.57 Å². The first-order valence-corrected chi connectivity index (χ1v) is 12.8. The molecule has 3 rings (SSSR count). The molecule has 0 bridgehead atoms. The fraction of sp³-hybridized carbons (Fsp3) is 0.238. The third-order valence-electron chi connectivity index (χ3n) is 4.43. The third-order valence-corrected chi connectivity index (χ3v) is 7.92. The average molecular weight is 463 g/mol. The zero-order valence-corrected chi connectivity index (χ0v) is 19.1. The van der Waals surface area contributed by atoms with E-state index in [0.717, 1.165) is 15.1 Å². The summed E-state index contributed by atoms with van der Waals surface area (Å²) in [6, 6.07) is 12.2. The van der Waals surface area contributed by atoms with E-state index in [9.17, 15) is 13.2 Å². The topological polar surface area (TPSA) is 77.7 Å². The van der Waals surface area contributed by atoms with Crippen molar-refractivity contribution in [2.75, 3.05) is 19.1 Å². The first-order chi connectivity index (χ1) is 14.4. The molecule has 158 valence electrons. The molecule has 1 amide bonds. The minimum absolute atomic E-state index is 0.157. The Balaban J connectivity index is 1.84. The summed E-state index contributed by atoms with van der Waals surface area (Å²) in [7, 11) is -2.07. The Hall–Kier alpha value is -2.36. The predicted octanol–water partition coefficient (Wildman–Crippen LogP) is 3.91. The Bertz CT molecular complexity index is 1240. The Kier molecular flexibility index (Phi) is 7.17. The highest BCUT2D eigenvalue weighted by Gasteiger charge is 2.17. The fourth-order valence-electron chi connectivity index (χ4n) is 2.86. The van der Waals surface area contributed by atoms with Gasteiger partial charge in [0.15, 0.2) is 14.6 Å². The molecule has 0 unspecified atom stereocenters. The summed E-state index contributed by atoms with van der Waals surface area (Å²) >= 11 is 3.05. The minimum atomic E-state index is -3.59. The number of amides is 1. The number of hydrogen-bond donors (Lipinski definition) is 0. The van der Waals surface area contributed by atoms with E-state index in [1.807, 2.05) is 23.0 Å². The zero-order valence-electron chi connectivity index (χ0n) is 16.7. The Labute approximate surface area is 183 Å². The van der Waals surface area contributed by atoms with Crippen LogP contribution in [0.3, 0.4) is 0 Å². The summed E-state index contributed by atoms with van der Waals surface area (Å²) in [5, 5.41) is 0. The van der Waals surface area contributed by atoms with E-state index in [1.165, 1.54) is 30.6 Å². The first kappa shape index (κ1) is 22.3. The molecule has 0 atom stereocenters. The van der Waals surface area contributed by atoms with E-state index >= 15 is 0 Å². The van der Waals surface area contributed by atoms with Crippen molar-refractivity contribution in [2.45, 2.75) is 22.8 Å². The number of rotatable bonds is 8. The summed E-state index contributed by atoms with van der Waals surface area (Å²) in [5.74, 6) is -0.201. The Morgan fingerprint density at radius 1 is 1.27 bits per heavy atom. The van der Waals surface area contributed by atoms with Gasteiger partial charge in [-0.3, -0.25) is 4.79 Å². The molecule has 1 aromatic heterocycles. The number of thioether (sulfide) groups is 1. The fourth-order valence-corrected chi connectivity index (χ4v) is 5.70. The molecule has 0 saturated carbocycles. The van der Waals surface area contributed by atoms with Gasteiger partial charge in [0.05, 0.1) is 28.0 Å². The molecule has 0 saturated heterocycles. The van der Waals surface area contributed by atoms with Crippen molar-refractivity contribution in [1.29, 1.82) is 0 Å². The number of fused-ring (bicyclic) bond motifs is 1. The molecule has 9 heteroatoms. The molecule has 0 aliphatic rings. The number of aromatic nitrogens is 1. The van der Waals surface area contributed by atoms with Crippen LogP contribution in [0, 0.1) is 0 Å². The largest absolute Gasteiger partial charge is 0.497 e. The van der Waals surface area contributed by atoms with Crippen molar-refractivity contribution in [2.24, 2.45) is 4.99 Å². The van der Waals surface area contributed by atoms with Crippen LogP contribution in [0.5, 0.6) is 5.75 Å². The van der Waals surface area contributed by atoms with Crippen LogP contribution >= 0.6 is 23.1 Å². The van der Waals surface area contributed by atoms with Crippen LogP contribution in [0.1, 0.15) is 6.42 Å². The second-order valence-corrected chi connectivity index (χ2v) is 10.4. The number of nitrogens with zero attached hydrogens (tertiary/aromatic N) is 2. The van der Waals surface area contributed by atoms with Gasteiger partial charge in [-0.1, -0.05) is 17.4 Å². The second-order valence-electron chi connectivity index (χ2n) is 6.37. The first-order valence-electron chi connectivity index (χ1n) is 9.10. The van der Waals surface area contributed by atoms with E-state index < -0.39 is 15.7 Å². The summed E-state index contributed by atoms with van der Waals surface area (Å²) < 4.78 is 33.0. The molecule has 0 radical (unpaired) electrons. The minimum Gasteiger partial charge on any atom is -0.497 e. The molecular weight excluding hydrogens is 440 g/mol. The highest BCUT2D eigenvalue weighted by Crippen LogP contribution is 2.24. The molecule has 0 N–H and O–H groups in total. The highest BCUT2D eigenvalue weighted by molar-refractivity contribution is 7.98. The van der Waals surface area contributed by atoms with E-state index in [1.54, 1.807) is 30.0 Å². The van der Waals surface area contributed by atoms with Crippen LogP contribution in [0.25, 0.3) is 10.2 Å². The Morgan fingerprint density at radius 3 is 2.63 bits per heavy atom. The van der Waals surface area contributed by atoms with Crippen molar-refractivity contribution in [3.05, 3.63) is 59.9 Å². The number of methoxy groups -OCH3 is 1. The van der Waals surface area contributed by atoms with Gasteiger partial charge in [0, 0.05) is 17.9 Å². The number of sulfone groups is 1. The maximum atomic E-state index is 12.5. The lowest BCUT2D eigenvalue weighted by Crippen LogP contribution is -2.17. The molecule has 2 aromatic carbocycles. The van der Waals surface area contributed by atoms with Crippen molar-refractivity contribution < 1.29 is 17.9 Å². The second kappa shape index (κ2) is 9.63. The number of allylic oxidation sites excluding steroid dienone is 1.